The van der Waals surface area contributed by atoms with Crippen LogP contribution in [0.1, 0.15) is 34.6 Å². The van der Waals surface area contributed by atoms with Gasteiger partial charge in [0.2, 0.25) is 43.3 Å². The number of methoxy groups -OCH3 is 1. The van der Waals surface area contributed by atoms with Crippen LogP contribution in [0, 0.1) is 40.9 Å². The molecule has 33 heavy (non-hydrogen) atoms. The molecule has 190 valence electrons. The smallest absolute Gasteiger partial charge is 0.323 e. The van der Waals surface area contributed by atoms with E-state index in [4.69, 9.17) is 14.0 Å². The summed E-state index contributed by atoms with van der Waals surface area (Å²) in [5.74, 6) is -12.6. The van der Waals surface area contributed by atoms with Crippen LogP contribution in [0.5, 0.6) is 5.75 Å². The zero-order chi connectivity index (χ0) is 25.7. The molecule has 0 saturated heterocycles. The number of rotatable bonds is 12. The number of hydrogen-bond acceptors (Lipinski definition) is 7. The van der Waals surface area contributed by atoms with E-state index >= 15 is 0 Å². The van der Waals surface area contributed by atoms with Gasteiger partial charge in [0.25, 0.3) is 0 Å². The largest absolute Gasteiger partial charge is 0.464 e. The predicted octanol–water partition coefficient (Wildman–Crippen LogP) is 4.24. The van der Waals surface area contributed by atoms with Gasteiger partial charge in [-0.1, -0.05) is 27.7 Å². The molecular weight excluding hydrogens is 474 g/mol. The first-order chi connectivity index (χ1) is 15.4. The zero-order valence-electron chi connectivity index (χ0n) is 19.3. The Morgan fingerprint density at radius 3 is 1.79 bits per heavy atom. The number of nitrogens with one attached hydrogen (secondary N) is 2. The Morgan fingerprint density at radius 2 is 1.39 bits per heavy atom. The standard InChI is InChI=1S/C15H18F5N2O4P.C5H12O/c1-7(2)6-25-15(24)8(3)22-27(21-4-5-23)26-14-12(19)10(17)9(16)11(18)13(14)20;1-5(2)4-6-3/h5,7-8,21-22H,4,6H2,1-3H3;5H,4H2,1-3H3/t8-,27?;/m1./s1. The molecule has 0 saturated carbocycles. The first-order valence-corrected chi connectivity index (χ1v) is 11.2. The summed E-state index contributed by atoms with van der Waals surface area (Å²) in [6, 6.07) is -1.06. The van der Waals surface area contributed by atoms with Gasteiger partial charge in [-0.2, -0.15) is 8.78 Å². The Hall–Kier alpha value is -1.88. The SMILES string of the molecule is CC(C)COC(=O)[C@@H](C)NP(NCC=O)Oc1c(F)c(F)c(F)c(F)c1F.COCC(C)C. The molecule has 1 aromatic carbocycles. The third kappa shape index (κ3) is 11.2. The van der Waals surface area contributed by atoms with Crippen molar-refractivity contribution in [3.8, 4) is 5.75 Å². The van der Waals surface area contributed by atoms with Crippen molar-refractivity contribution >= 4 is 20.7 Å². The number of aldehydes is 1. The van der Waals surface area contributed by atoms with Crippen molar-refractivity contribution in [1.29, 1.82) is 0 Å². The first-order valence-electron chi connectivity index (χ1n) is 9.95. The summed E-state index contributed by atoms with van der Waals surface area (Å²) in [4.78, 5) is 22.4. The molecule has 7 nitrogen and oxygen atoms in total. The molecule has 0 aliphatic rings. The van der Waals surface area contributed by atoms with Crippen LogP contribution in [0.15, 0.2) is 0 Å². The quantitative estimate of drug-likeness (QED) is 0.110. The van der Waals surface area contributed by atoms with Gasteiger partial charge in [0, 0.05) is 13.7 Å². The predicted molar refractivity (Wildman–Crippen MR) is 113 cm³/mol. The van der Waals surface area contributed by atoms with E-state index in [0.29, 0.717) is 12.2 Å². The maximum atomic E-state index is 13.7. The van der Waals surface area contributed by atoms with Crippen molar-refractivity contribution in [2.24, 2.45) is 11.8 Å². The van der Waals surface area contributed by atoms with Gasteiger partial charge in [-0.15, -0.1) is 0 Å². The van der Waals surface area contributed by atoms with Crippen LogP contribution in [0.4, 0.5) is 22.0 Å². The lowest BCUT2D eigenvalue weighted by Gasteiger charge is -2.23. The fourth-order valence-corrected chi connectivity index (χ4v) is 3.17. The third-order valence-electron chi connectivity index (χ3n) is 3.39. The molecule has 0 aliphatic heterocycles. The van der Waals surface area contributed by atoms with E-state index < -0.39 is 55.3 Å². The molecular formula is C20H30F5N2O5P. The van der Waals surface area contributed by atoms with E-state index in [0.717, 1.165) is 6.61 Å². The lowest BCUT2D eigenvalue weighted by molar-refractivity contribution is -0.146. The molecule has 0 heterocycles. The van der Waals surface area contributed by atoms with Crippen LogP contribution in [0.2, 0.25) is 0 Å². The van der Waals surface area contributed by atoms with Crippen molar-refractivity contribution in [1.82, 2.24) is 10.2 Å². The van der Waals surface area contributed by atoms with Crippen LogP contribution in [0.3, 0.4) is 0 Å². The Kier molecular flexibility index (Phi) is 15.0. The minimum atomic E-state index is -2.38. The van der Waals surface area contributed by atoms with E-state index in [9.17, 15) is 31.5 Å². The highest BCUT2D eigenvalue weighted by Crippen LogP contribution is 2.37. The van der Waals surface area contributed by atoms with Gasteiger partial charge in [0.1, 0.15) is 12.3 Å². The molecule has 2 N–H and O–H groups in total. The molecule has 1 rings (SSSR count). The maximum absolute atomic E-state index is 13.7. The summed E-state index contributed by atoms with van der Waals surface area (Å²) >= 11 is 0. The normalized spacial score (nSPS) is 12.8. The van der Waals surface area contributed by atoms with Gasteiger partial charge in [-0.25, -0.2) is 23.3 Å². The molecule has 1 aromatic rings. The monoisotopic (exact) mass is 504 g/mol. The van der Waals surface area contributed by atoms with Crippen molar-refractivity contribution in [2.45, 2.75) is 40.7 Å². The number of hydrogen-bond donors (Lipinski definition) is 2. The van der Waals surface area contributed by atoms with Crippen molar-refractivity contribution < 1.29 is 45.5 Å². The second kappa shape index (κ2) is 15.9. The average Bonchev–Trinajstić information content (AvgIpc) is 2.75. The molecule has 0 spiro atoms. The number of ether oxygens (including phenoxy) is 2. The van der Waals surface area contributed by atoms with Gasteiger partial charge >= 0.3 is 5.97 Å². The topological polar surface area (TPSA) is 85.9 Å². The highest BCUT2D eigenvalue weighted by Gasteiger charge is 2.30. The molecule has 0 aliphatic carbocycles. The lowest BCUT2D eigenvalue weighted by Crippen LogP contribution is -2.37. The van der Waals surface area contributed by atoms with Gasteiger partial charge in [-0.05, 0) is 18.8 Å². The zero-order valence-corrected chi connectivity index (χ0v) is 20.2. The van der Waals surface area contributed by atoms with Gasteiger partial charge in [-0.3, -0.25) is 4.79 Å². The third-order valence-corrected chi connectivity index (χ3v) is 4.85. The lowest BCUT2D eigenvalue weighted by atomic mass is 10.2. The fourth-order valence-electron chi connectivity index (χ4n) is 1.92. The van der Waals surface area contributed by atoms with Crippen molar-refractivity contribution in [3.05, 3.63) is 29.1 Å². The molecule has 1 unspecified atom stereocenters. The van der Waals surface area contributed by atoms with Crippen LogP contribution in [0.25, 0.3) is 0 Å². The Balaban J connectivity index is 0.00000150. The average molecular weight is 504 g/mol. The van der Waals surface area contributed by atoms with E-state index in [2.05, 4.69) is 24.0 Å². The number of carbonyl (C=O) groups excluding carboxylic acids is 2. The highest BCUT2D eigenvalue weighted by molar-refractivity contribution is 7.48. The number of halogens is 5. The van der Waals surface area contributed by atoms with Gasteiger partial charge in [0.15, 0.2) is 0 Å². The Labute approximate surface area is 191 Å². The van der Waals surface area contributed by atoms with Gasteiger partial charge in [0.05, 0.1) is 13.2 Å². The van der Waals surface area contributed by atoms with Crippen LogP contribution in [-0.4, -0.2) is 45.2 Å². The highest BCUT2D eigenvalue weighted by atomic mass is 31.2. The molecule has 0 fully saturated rings. The molecule has 0 bridgehead atoms. The molecule has 0 aromatic heterocycles. The van der Waals surface area contributed by atoms with Crippen LogP contribution in [-0.2, 0) is 19.1 Å². The second-order valence-electron chi connectivity index (χ2n) is 7.54. The van der Waals surface area contributed by atoms with E-state index in [1.54, 1.807) is 21.0 Å². The minimum absolute atomic E-state index is 0.0560. The van der Waals surface area contributed by atoms with E-state index in [1.807, 2.05) is 0 Å². The summed E-state index contributed by atoms with van der Waals surface area (Å²) in [5, 5.41) is 4.82. The Morgan fingerprint density at radius 1 is 0.909 bits per heavy atom. The molecule has 0 amide bonds. The second-order valence-corrected chi connectivity index (χ2v) is 8.88. The van der Waals surface area contributed by atoms with E-state index in [-0.39, 0.29) is 19.1 Å². The Bertz CT molecular complexity index is 742. The molecule has 0 radical (unpaired) electrons. The van der Waals surface area contributed by atoms with Crippen LogP contribution >= 0.6 is 8.45 Å². The summed E-state index contributed by atoms with van der Waals surface area (Å²) in [6.07, 6.45) is 0.376. The number of carbonyl (C=O) groups is 2. The number of benzene rings is 1. The van der Waals surface area contributed by atoms with Crippen LogP contribution < -0.4 is 14.7 Å². The summed E-state index contributed by atoms with van der Waals surface area (Å²) < 4.78 is 81.7. The minimum Gasteiger partial charge on any atom is -0.464 e. The molecule has 13 heteroatoms. The summed E-state index contributed by atoms with van der Waals surface area (Å²) in [5.41, 5.74) is 0. The summed E-state index contributed by atoms with van der Waals surface area (Å²) in [7, 11) is -0.653. The van der Waals surface area contributed by atoms with Crippen molar-refractivity contribution in [3.63, 3.8) is 0 Å². The number of esters is 1. The fraction of sp³-hybridized carbons (Fsp3) is 0.600. The summed E-state index contributed by atoms with van der Waals surface area (Å²) in [6.45, 7) is 9.81. The maximum Gasteiger partial charge on any atom is 0.323 e. The first kappa shape index (κ1) is 31.1. The van der Waals surface area contributed by atoms with Gasteiger partial charge < -0.3 is 18.8 Å². The van der Waals surface area contributed by atoms with E-state index in [1.165, 1.54) is 6.92 Å². The van der Waals surface area contributed by atoms with Crippen molar-refractivity contribution in [2.75, 3.05) is 26.9 Å². The molecule has 2 atom stereocenters.